The number of thioether (sulfide) groups is 1. The van der Waals surface area contributed by atoms with Crippen LogP contribution in [0.3, 0.4) is 0 Å². The highest BCUT2D eigenvalue weighted by molar-refractivity contribution is 8.13. The van der Waals surface area contributed by atoms with E-state index in [0.717, 1.165) is 22.9 Å². The Kier molecular flexibility index (Phi) is 7.74. The van der Waals surface area contributed by atoms with E-state index in [1.165, 1.54) is 6.92 Å². The van der Waals surface area contributed by atoms with E-state index >= 15 is 0 Å². The van der Waals surface area contributed by atoms with E-state index in [0.29, 0.717) is 12.2 Å². The molecule has 0 saturated carbocycles. The molecule has 0 bridgehead atoms. The number of rotatable bonds is 8. The van der Waals surface area contributed by atoms with Crippen molar-refractivity contribution in [3.05, 3.63) is 35.4 Å². The van der Waals surface area contributed by atoms with Crippen molar-refractivity contribution in [2.75, 3.05) is 18.1 Å². The molecule has 1 aromatic carbocycles. The van der Waals surface area contributed by atoms with Crippen LogP contribution in [0.4, 0.5) is 0 Å². The van der Waals surface area contributed by atoms with E-state index < -0.39 is 21.8 Å². The summed E-state index contributed by atoms with van der Waals surface area (Å²) >= 11 is 1.06. The van der Waals surface area contributed by atoms with Crippen molar-refractivity contribution < 1.29 is 22.6 Å². The Labute approximate surface area is 140 Å². The van der Waals surface area contributed by atoms with E-state index in [9.17, 15) is 18.0 Å². The minimum Gasteiger partial charge on any atom is -0.355 e. The summed E-state index contributed by atoms with van der Waals surface area (Å²) in [5.41, 5.74) is 2.08. The molecule has 1 atom stereocenters. The van der Waals surface area contributed by atoms with Crippen LogP contribution in [-0.4, -0.2) is 42.0 Å². The second-order valence-corrected chi connectivity index (χ2v) is 8.04. The molecule has 0 saturated heterocycles. The predicted octanol–water partition coefficient (Wildman–Crippen LogP) is 1.44. The first-order valence-corrected chi connectivity index (χ1v) is 9.68. The molecule has 1 rings (SSSR count). The first kappa shape index (κ1) is 19.7. The summed E-state index contributed by atoms with van der Waals surface area (Å²) in [4.78, 5) is 23.3. The van der Waals surface area contributed by atoms with Gasteiger partial charge < -0.3 is 5.32 Å². The maximum atomic E-state index is 12.2. The summed E-state index contributed by atoms with van der Waals surface area (Å²) < 4.78 is 30.0. The fraction of sp³-hybridized carbons (Fsp3) is 0.467. The Morgan fingerprint density at radius 2 is 1.87 bits per heavy atom. The third kappa shape index (κ3) is 8.73. The van der Waals surface area contributed by atoms with Crippen molar-refractivity contribution in [1.82, 2.24) is 5.32 Å². The average Bonchev–Trinajstić information content (AvgIpc) is 2.43. The molecule has 6 nitrogen and oxygen atoms in total. The number of amides is 1. The summed E-state index contributed by atoms with van der Waals surface area (Å²) in [6.07, 6.45) is 0.457. The highest BCUT2D eigenvalue weighted by Gasteiger charge is 2.20. The van der Waals surface area contributed by atoms with Gasteiger partial charge in [-0.15, -0.1) is 0 Å². The van der Waals surface area contributed by atoms with Gasteiger partial charge in [0, 0.05) is 19.2 Å². The lowest BCUT2D eigenvalue weighted by Crippen LogP contribution is -2.36. The van der Waals surface area contributed by atoms with Crippen molar-refractivity contribution >= 4 is 32.9 Å². The highest BCUT2D eigenvalue weighted by atomic mass is 32.2. The first-order valence-electron chi connectivity index (χ1n) is 7.09. The zero-order chi connectivity index (χ0) is 17.5. The summed E-state index contributed by atoms with van der Waals surface area (Å²) in [7, 11) is -4.11. The van der Waals surface area contributed by atoms with Crippen LogP contribution in [0.25, 0.3) is 0 Å². The number of nitrogens with one attached hydrogen (secondary N) is 1. The minimum atomic E-state index is -4.11. The van der Waals surface area contributed by atoms with Gasteiger partial charge in [0.1, 0.15) is 0 Å². The molecular weight excluding hydrogens is 338 g/mol. The number of hydrogen-bond donors (Lipinski definition) is 2. The minimum absolute atomic E-state index is 0.0790. The largest absolute Gasteiger partial charge is 0.355 e. The van der Waals surface area contributed by atoms with Crippen LogP contribution in [0.5, 0.6) is 0 Å². The van der Waals surface area contributed by atoms with Crippen molar-refractivity contribution in [1.29, 1.82) is 0 Å². The molecule has 1 amide bonds. The van der Waals surface area contributed by atoms with Gasteiger partial charge in [-0.1, -0.05) is 41.6 Å². The van der Waals surface area contributed by atoms with Gasteiger partial charge in [0.05, 0.1) is 11.7 Å². The lowest BCUT2D eigenvalue weighted by molar-refractivity contribution is -0.124. The second-order valence-electron chi connectivity index (χ2n) is 5.27. The van der Waals surface area contributed by atoms with E-state index in [1.807, 2.05) is 31.2 Å². The normalized spacial score (nSPS) is 12.7. The van der Waals surface area contributed by atoms with E-state index in [1.54, 1.807) is 0 Å². The highest BCUT2D eigenvalue weighted by Crippen LogP contribution is 2.16. The molecule has 0 fully saturated rings. The fourth-order valence-corrected chi connectivity index (χ4v) is 2.97. The van der Waals surface area contributed by atoms with Crippen molar-refractivity contribution in [3.63, 3.8) is 0 Å². The van der Waals surface area contributed by atoms with E-state index in [2.05, 4.69) is 5.32 Å². The van der Waals surface area contributed by atoms with Crippen molar-refractivity contribution in [2.45, 2.75) is 20.3 Å². The maximum Gasteiger partial charge on any atom is 0.266 e. The van der Waals surface area contributed by atoms with Gasteiger partial charge in [-0.05, 0) is 18.9 Å². The van der Waals surface area contributed by atoms with Crippen LogP contribution in [0, 0.1) is 12.8 Å². The molecule has 0 radical (unpaired) electrons. The number of carbonyl (C=O) groups is 2. The molecule has 23 heavy (non-hydrogen) atoms. The Hall–Kier alpha value is -1.38. The molecule has 0 spiro atoms. The van der Waals surface area contributed by atoms with Gasteiger partial charge in [0.2, 0.25) is 5.91 Å². The molecule has 0 aliphatic rings. The predicted molar refractivity (Wildman–Crippen MR) is 90.9 cm³/mol. The molecule has 1 unspecified atom stereocenters. The average molecular weight is 359 g/mol. The van der Waals surface area contributed by atoms with Gasteiger partial charge in [0.25, 0.3) is 10.1 Å². The van der Waals surface area contributed by atoms with Crippen LogP contribution in [0.2, 0.25) is 0 Å². The van der Waals surface area contributed by atoms with Crippen molar-refractivity contribution in [2.24, 2.45) is 5.92 Å². The molecule has 2 N–H and O–H groups in total. The Morgan fingerprint density at radius 3 is 2.39 bits per heavy atom. The van der Waals surface area contributed by atoms with E-state index in [-0.39, 0.29) is 17.6 Å². The quantitative estimate of drug-likeness (QED) is 0.681. The van der Waals surface area contributed by atoms with Crippen molar-refractivity contribution in [3.8, 4) is 0 Å². The summed E-state index contributed by atoms with van der Waals surface area (Å²) in [6.45, 7) is 3.24. The summed E-state index contributed by atoms with van der Waals surface area (Å²) in [5.74, 6) is -0.993. The van der Waals surface area contributed by atoms with Gasteiger partial charge >= 0.3 is 0 Å². The smallest absolute Gasteiger partial charge is 0.266 e. The summed E-state index contributed by atoms with van der Waals surface area (Å²) in [5, 5.41) is 2.41. The van der Waals surface area contributed by atoms with Crippen LogP contribution in [-0.2, 0) is 26.1 Å². The topological polar surface area (TPSA) is 101 Å². The third-order valence-electron chi connectivity index (χ3n) is 3.12. The number of benzene rings is 1. The molecule has 128 valence electrons. The van der Waals surface area contributed by atoms with Crippen LogP contribution >= 0.6 is 11.8 Å². The molecule has 0 aromatic heterocycles. The van der Waals surface area contributed by atoms with E-state index in [4.69, 9.17) is 4.55 Å². The third-order valence-corrected chi connectivity index (χ3v) is 4.82. The molecule has 0 aliphatic carbocycles. The molecule has 1 aromatic rings. The van der Waals surface area contributed by atoms with Crippen LogP contribution in [0.1, 0.15) is 18.1 Å². The molecular formula is C15H21NO5S2. The second kappa shape index (κ2) is 9.05. The lowest BCUT2D eigenvalue weighted by Gasteiger charge is -2.16. The van der Waals surface area contributed by atoms with Gasteiger partial charge in [0.15, 0.2) is 5.12 Å². The van der Waals surface area contributed by atoms with Gasteiger partial charge in [-0.3, -0.25) is 14.1 Å². The number of hydrogen-bond acceptors (Lipinski definition) is 5. The lowest BCUT2D eigenvalue weighted by atomic mass is 9.99. The Balaban J connectivity index is 2.68. The standard InChI is InChI=1S/C15H21NO5S2/c1-11-3-5-13(6-4-11)9-14(10-22-12(2)17)15(18)16-7-8-23(19,20)21/h3-6,14H,7-10H2,1-2H3,(H,16,18)(H,19,20,21). The van der Waals surface area contributed by atoms with Crippen LogP contribution in [0.15, 0.2) is 24.3 Å². The Morgan fingerprint density at radius 1 is 1.26 bits per heavy atom. The monoisotopic (exact) mass is 359 g/mol. The molecule has 0 heterocycles. The fourth-order valence-electron chi connectivity index (χ4n) is 1.90. The molecule has 0 aliphatic heterocycles. The zero-order valence-electron chi connectivity index (χ0n) is 13.1. The zero-order valence-corrected chi connectivity index (χ0v) is 14.7. The number of carbonyl (C=O) groups excluding carboxylic acids is 2. The van der Waals surface area contributed by atoms with Gasteiger partial charge in [-0.25, -0.2) is 0 Å². The number of aryl methyl sites for hydroxylation is 1. The SMILES string of the molecule is CC(=O)SCC(Cc1ccc(C)cc1)C(=O)NCCS(=O)(=O)O. The summed E-state index contributed by atoms with van der Waals surface area (Å²) in [6, 6.07) is 7.74. The molecule has 8 heteroatoms. The van der Waals surface area contributed by atoms with Crippen LogP contribution < -0.4 is 5.32 Å². The van der Waals surface area contributed by atoms with Gasteiger partial charge in [-0.2, -0.15) is 8.42 Å². The Bertz CT molecular complexity index is 640. The maximum absolute atomic E-state index is 12.2. The first-order chi connectivity index (χ1) is 10.7.